The molecule has 0 spiro atoms. The third-order valence-corrected chi connectivity index (χ3v) is 4.03. The first-order valence-corrected chi connectivity index (χ1v) is 7.46. The normalized spacial score (nSPS) is 17.9. The number of amides is 1. The van der Waals surface area contributed by atoms with Crippen LogP contribution in [-0.2, 0) is 0 Å². The number of hydrogen-bond acceptors (Lipinski definition) is 3. The molecule has 1 aromatic heterocycles. The molecule has 1 aliphatic heterocycles. The maximum Gasteiger partial charge on any atom is 0.272 e. The zero-order chi connectivity index (χ0) is 15.5. The molecule has 0 saturated carbocycles. The fourth-order valence-electron chi connectivity index (χ4n) is 2.91. The fourth-order valence-corrected chi connectivity index (χ4v) is 2.91. The van der Waals surface area contributed by atoms with E-state index < -0.39 is 0 Å². The number of benzene rings is 1. The standard InChI is InChI=1S/C16H19FN4O/c1-18-10-13-3-2-8-21(13)16(22)15-9-14(19-20-15)11-4-6-12(17)7-5-11/h4-7,9,13,18H,2-3,8,10H2,1H3,(H,19,20)/t13-/m0/s1. The molecule has 0 unspecified atom stereocenters. The van der Waals surface area contributed by atoms with Crippen molar-refractivity contribution in [3.8, 4) is 11.3 Å². The van der Waals surface area contributed by atoms with Crippen molar-refractivity contribution in [3.05, 3.63) is 41.8 Å². The van der Waals surface area contributed by atoms with E-state index in [1.54, 1.807) is 18.2 Å². The molecule has 1 aromatic carbocycles. The van der Waals surface area contributed by atoms with Gasteiger partial charge in [-0.25, -0.2) is 4.39 Å². The van der Waals surface area contributed by atoms with Gasteiger partial charge in [-0.1, -0.05) is 0 Å². The van der Waals surface area contributed by atoms with Crippen LogP contribution in [0.15, 0.2) is 30.3 Å². The predicted octanol–water partition coefficient (Wildman–Crippen LogP) is 2.04. The molecule has 0 aliphatic carbocycles. The van der Waals surface area contributed by atoms with Gasteiger partial charge >= 0.3 is 0 Å². The van der Waals surface area contributed by atoms with E-state index in [0.29, 0.717) is 11.4 Å². The highest BCUT2D eigenvalue weighted by Crippen LogP contribution is 2.22. The van der Waals surface area contributed by atoms with E-state index >= 15 is 0 Å². The van der Waals surface area contributed by atoms with Crippen molar-refractivity contribution in [1.29, 1.82) is 0 Å². The van der Waals surface area contributed by atoms with Crippen LogP contribution < -0.4 is 5.32 Å². The maximum absolute atomic E-state index is 13.0. The summed E-state index contributed by atoms with van der Waals surface area (Å²) in [6.07, 6.45) is 2.04. The van der Waals surface area contributed by atoms with Gasteiger partial charge in [0.1, 0.15) is 11.5 Å². The summed E-state index contributed by atoms with van der Waals surface area (Å²) in [5.74, 6) is -0.318. The number of carbonyl (C=O) groups excluding carboxylic acids is 1. The third-order valence-electron chi connectivity index (χ3n) is 4.03. The van der Waals surface area contributed by atoms with Crippen LogP contribution in [-0.4, -0.2) is 47.2 Å². The van der Waals surface area contributed by atoms with Gasteiger partial charge in [0.05, 0.1) is 5.69 Å². The molecule has 2 N–H and O–H groups in total. The van der Waals surface area contributed by atoms with Gasteiger partial charge in [-0.2, -0.15) is 5.10 Å². The molecule has 22 heavy (non-hydrogen) atoms. The molecular formula is C16H19FN4O. The molecule has 5 nitrogen and oxygen atoms in total. The molecule has 1 amide bonds. The number of carbonyl (C=O) groups is 1. The minimum Gasteiger partial charge on any atom is -0.333 e. The summed E-state index contributed by atoms with van der Waals surface area (Å²) < 4.78 is 13.0. The molecule has 1 saturated heterocycles. The lowest BCUT2D eigenvalue weighted by Crippen LogP contribution is -2.41. The quantitative estimate of drug-likeness (QED) is 0.908. The van der Waals surface area contributed by atoms with E-state index in [4.69, 9.17) is 0 Å². The second-order valence-electron chi connectivity index (χ2n) is 5.53. The molecule has 2 heterocycles. The van der Waals surface area contributed by atoms with Crippen molar-refractivity contribution >= 4 is 5.91 Å². The topological polar surface area (TPSA) is 61.0 Å². The van der Waals surface area contributed by atoms with E-state index in [-0.39, 0.29) is 17.8 Å². The van der Waals surface area contributed by atoms with Gasteiger partial charge in [0.25, 0.3) is 5.91 Å². The van der Waals surface area contributed by atoms with Crippen LogP contribution in [0.4, 0.5) is 4.39 Å². The van der Waals surface area contributed by atoms with E-state index in [0.717, 1.165) is 31.5 Å². The molecule has 1 aliphatic rings. The number of H-pyrrole nitrogens is 1. The summed E-state index contributed by atoms with van der Waals surface area (Å²) in [6, 6.07) is 8.03. The molecule has 1 fully saturated rings. The second kappa shape index (κ2) is 6.27. The summed E-state index contributed by atoms with van der Waals surface area (Å²) in [5.41, 5.74) is 1.90. The number of nitrogens with zero attached hydrogens (tertiary/aromatic N) is 2. The monoisotopic (exact) mass is 302 g/mol. The summed E-state index contributed by atoms with van der Waals surface area (Å²) in [7, 11) is 1.89. The average molecular weight is 302 g/mol. The van der Waals surface area contributed by atoms with Gasteiger partial charge in [0.2, 0.25) is 0 Å². The van der Waals surface area contributed by atoms with E-state index in [2.05, 4.69) is 15.5 Å². The van der Waals surface area contributed by atoms with Crippen molar-refractivity contribution in [1.82, 2.24) is 20.4 Å². The molecular weight excluding hydrogens is 283 g/mol. The molecule has 6 heteroatoms. The zero-order valence-corrected chi connectivity index (χ0v) is 12.5. The summed E-state index contributed by atoms with van der Waals surface area (Å²) in [6.45, 7) is 1.57. The van der Waals surface area contributed by atoms with Crippen LogP contribution in [0.3, 0.4) is 0 Å². The molecule has 2 aromatic rings. The zero-order valence-electron chi connectivity index (χ0n) is 12.5. The summed E-state index contributed by atoms with van der Waals surface area (Å²) in [4.78, 5) is 14.5. The van der Waals surface area contributed by atoms with Crippen LogP contribution in [0.25, 0.3) is 11.3 Å². The van der Waals surface area contributed by atoms with Gasteiger partial charge in [0, 0.05) is 24.7 Å². The number of rotatable bonds is 4. The Kier molecular flexibility index (Phi) is 4.20. The molecule has 0 bridgehead atoms. The summed E-state index contributed by atoms with van der Waals surface area (Å²) >= 11 is 0. The minimum absolute atomic E-state index is 0.0291. The fraction of sp³-hybridized carbons (Fsp3) is 0.375. The second-order valence-corrected chi connectivity index (χ2v) is 5.53. The molecule has 116 valence electrons. The van der Waals surface area contributed by atoms with Crippen LogP contribution >= 0.6 is 0 Å². The Hall–Kier alpha value is -2.21. The Morgan fingerprint density at radius 1 is 1.45 bits per heavy atom. The number of aromatic nitrogens is 2. The number of halogens is 1. The largest absolute Gasteiger partial charge is 0.333 e. The molecule has 0 radical (unpaired) electrons. The van der Waals surface area contributed by atoms with Gasteiger partial charge in [-0.05, 0) is 50.2 Å². The highest BCUT2D eigenvalue weighted by atomic mass is 19.1. The first-order valence-electron chi connectivity index (χ1n) is 7.46. The van der Waals surface area contributed by atoms with Gasteiger partial charge < -0.3 is 10.2 Å². The molecule has 3 rings (SSSR count). The maximum atomic E-state index is 13.0. The number of likely N-dealkylation sites (tertiary alicyclic amines) is 1. The SMILES string of the molecule is CNC[C@@H]1CCCN1C(=O)c1cc(-c2ccc(F)cc2)n[nH]1. The van der Waals surface area contributed by atoms with Gasteiger partial charge in [-0.15, -0.1) is 0 Å². The Morgan fingerprint density at radius 2 is 2.23 bits per heavy atom. The van der Waals surface area contributed by atoms with Crippen molar-refractivity contribution in [2.24, 2.45) is 0 Å². The lowest BCUT2D eigenvalue weighted by atomic mass is 10.1. The smallest absolute Gasteiger partial charge is 0.272 e. The van der Waals surface area contributed by atoms with Crippen LogP contribution in [0.5, 0.6) is 0 Å². The van der Waals surface area contributed by atoms with Crippen molar-refractivity contribution < 1.29 is 9.18 Å². The lowest BCUT2D eigenvalue weighted by molar-refractivity contribution is 0.0731. The number of nitrogens with one attached hydrogen (secondary N) is 2. The lowest BCUT2D eigenvalue weighted by Gasteiger charge is -2.23. The van der Waals surface area contributed by atoms with Crippen molar-refractivity contribution in [2.45, 2.75) is 18.9 Å². The summed E-state index contributed by atoms with van der Waals surface area (Å²) in [5, 5.41) is 10.1. The van der Waals surface area contributed by atoms with Gasteiger partial charge in [-0.3, -0.25) is 9.89 Å². The van der Waals surface area contributed by atoms with Crippen LogP contribution in [0.2, 0.25) is 0 Å². The Morgan fingerprint density at radius 3 is 2.95 bits per heavy atom. The molecule has 1 atom stereocenters. The minimum atomic E-state index is -0.289. The van der Waals surface area contributed by atoms with Crippen molar-refractivity contribution in [3.63, 3.8) is 0 Å². The van der Waals surface area contributed by atoms with E-state index in [9.17, 15) is 9.18 Å². The highest BCUT2D eigenvalue weighted by molar-refractivity contribution is 5.93. The number of hydrogen-bond donors (Lipinski definition) is 2. The first-order chi connectivity index (χ1) is 10.7. The number of aromatic amines is 1. The van der Waals surface area contributed by atoms with Gasteiger partial charge in [0.15, 0.2) is 0 Å². The Labute approximate surface area is 128 Å². The predicted molar refractivity (Wildman–Crippen MR) is 82.0 cm³/mol. The van der Waals surface area contributed by atoms with Crippen LogP contribution in [0, 0.1) is 5.82 Å². The Bertz CT molecular complexity index is 652. The number of likely N-dealkylation sites (N-methyl/N-ethyl adjacent to an activating group) is 1. The first kappa shape index (κ1) is 14.7. The van der Waals surface area contributed by atoms with Crippen molar-refractivity contribution in [2.75, 3.05) is 20.1 Å². The highest BCUT2D eigenvalue weighted by Gasteiger charge is 2.29. The Balaban J connectivity index is 1.78. The van der Waals surface area contributed by atoms with Crippen LogP contribution in [0.1, 0.15) is 23.3 Å². The average Bonchev–Trinajstić information content (AvgIpc) is 3.17. The third kappa shape index (κ3) is 2.87. The van der Waals surface area contributed by atoms with E-state index in [1.807, 2.05) is 11.9 Å². The van der Waals surface area contributed by atoms with E-state index in [1.165, 1.54) is 12.1 Å².